The molecule has 1 unspecified atom stereocenters. The third kappa shape index (κ3) is 3.13. The normalized spacial score (nSPS) is 12.3. The molecule has 0 saturated heterocycles. The van der Waals surface area contributed by atoms with Gasteiger partial charge >= 0.3 is 0 Å². The minimum Gasteiger partial charge on any atom is -0.378 e. The molecule has 0 saturated carbocycles. The summed E-state index contributed by atoms with van der Waals surface area (Å²) in [6, 6.07) is 9.21. The van der Waals surface area contributed by atoms with Crippen LogP contribution in [0.15, 0.2) is 40.9 Å². The molecule has 4 heteroatoms. The zero-order valence-corrected chi connectivity index (χ0v) is 12.3. The summed E-state index contributed by atoms with van der Waals surface area (Å²) in [5.74, 6) is -1.07. The third-order valence-corrected chi connectivity index (χ3v) is 3.50. The minimum atomic E-state index is -0.535. The number of nitrogens with one attached hydrogen (secondary N) is 1. The van der Waals surface area contributed by atoms with E-state index in [1.807, 2.05) is 25.1 Å². The zero-order valence-electron chi connectivity index (χ0n) is 10.7. The lowest BCUT2D eigenvalue weighted by molar-refractivity contribution is 0.544. The quantitative estimate of drug-likeness (QED) is 0.816. The van der Waals surface area contributed by atoms with Crippen LogP contribution in [0.1, 0.15) is 24.1 Å². The van der Waals surface area contributed by atoms with Gasteiger partial charge in [0.05, 0.1) is 6.04 Å². The molecule has 0 amide bonds. The Bertz CT molecular complexity index is 578. The predicted molar refractivity (Wildman–Crippen MR) is 77.3 cm³/mol. The van der Waals surface area contributed by atoms with E-state index in [-0.39, 0.29) is 5.56 Å². The first-order valence-corrected chi connectivity index (χ1v) is 6.75. The largest absolute Gasteiger partial charge is 0.378 e. The summed E-state index contributed by atoms with van der Waals surface area (Å²) in [5.41, 5.74) is 1.93. The Morgan fingerprint density at radius 3 is 2.37 bits per heavy atom. The van der Waals surface area contributed by atoms with E-state index in [2.05, 4.69) is 21.2 Å². The molecule has 2 aromatic carbocycles. The van der Waals surface area contributed by atoms with Gasteiger partial charge in [-0.05, 0) is 43.7 Å². The smallest absolute Gasteiger partial charge is 0.131 e. The molecule has 1 atom stereocenters. The molecule has 0 aromatic heterocycles. The van der Waals surface area contributed by atoms with Crippen molar-refractivity contribution in [3.8, 4) is 0 Å². The van der Waals surface area contributed by atoms with Crippen molar-refractivity contribution in [3.05, 3.63) is 63.6 Å². The molecule has 0 aliphatic heterocycles. The van der Waals surface area contributed by atoms with Gasteiger partial charge in [-0.3, -0.25) is 0 Å². The van der Waals surface area contributed by atoms with E-state index in [4.69, 9.17) is 0 Å². The SMILES string of the molecule is Cc1ccc(Br)cc1NC(C)c1c(F)cccc1F. The summed E-state index contributed by atoms with van der Waals surface area (Å²) in [7, 11) is 0. The van der Waals surface area contributed by atoms with Gasteiger partial charge in [-0.15, -0.1) is 0 Å². The molecular weight excluding hydrogens is 312 g/mol. The van der Waals surface area contributed by atoms with Crippen molar-refractivity contribution in [2.24, 2.45) is 0 Å². The van der Waals surface area contributed by atoms with Crippen molar-refractivity contribution in [1.29, 1.82) is 0 Å². The Labute approximate surface area is 119 Å². The monoisotopic (exact) mass is 325 g/mol. The first kappa shape index (κ1) is 14.0. The van der Waals surface area contributed by atoms with Gasteiger partial charge in [-0.25, -0.2) is 8.78 Å². The molecule has 2 aromatic rings. The topological polar surface area (TPSA) is 12.0 Å². The molecule has 19 heavy (non-hydrogen) atoms. The average molecular weight is 326 g/mol. The highest BCUT2D eigenvalue weighted by Crippen LogP contribution is 2.27. The van der Waals surface area contributed by atoms with Crippen LogP contribution in [0.5, 0.6) is 0 Å². The number of aryl methyl sites for hydroxylation is 1. The molecule has 100 valence electrons. The third-order valence-electron chi connectivity index (χ3n) is 3.00. The molecule has 0 radical (unpaired) electrons. The number of hydrogen-bond donors (Lipinski definition) is 1. The van der Waals surface area contributed by atoms with E-state index in [1.165, 1.54) is 18.2 Å². The fraction of sp³-hybridized carbons (Fsp3) is 0.200. The molecule has 0 heterocycles. The van der Waals surface area contributed by atoms with E-state index >= 15 is 0 Å². The van der Waals surface area contributed by atoms with Crippen LogP contribution < -0.4 is 5.32 Å². The van der Waals surface area contributed by atoms with Crippen molar-refractivity contribution in [3.63, 3.8) is 0 Å². The Morgan fingerprint density at radius 2 is 1.74 bits per heavy atom. The Balaban J connectivity index is 2.31. The summed E-state index contributed by atoms with van der Waals surface area (Å²) in [5, 5.41) is 3.14. The Kier molecular flexibility index (Phi) is 4.20. The minimum absolute atomic E-state index is 0.0573. The first-order valence-electron chi connectivity index (χ1n) is 5.95. The van der Waals surface area contributed by atoms with Crippen molar-refractivity contribution >= 4 is 21.6 Å². The lowest BCUT2D eigenvalue weighted by Gasteiger charge is -2.18. The van der Waals surface area contributed by atoms with Gasteiger partial charge in [0.2, 0.25) is 0 Å². The van der Waals surface area contributed by atoms with Gasteiger partial charge in [0.15, 0.2) is 0 Å². The van der Waals surface area contributed by atoms with E-state index in [1.54, 1.807) is 6.92 Å². The molecular formula is C15H14BrF2N. The maximum atomic E-state index is 13.7. The lowest BCUT2D eigenvalue weighted by Crippen LogP contribution is -2.11. The van der Waals surface area contributed by atoms with Crippen molar-refractivity contribution in [2.75, 3.05) is 5.32 Å². The van der Waals surface area contributed by atoms with Crippen LogP contribution in [0.4, 0.5) is 14.5 Å². The summed E-state index contributed by atoms with van der Waals surface area (Å²) < 4.78 is 28.3. The number of benzene rings is 2. The predicted octanol–water partition coefficient (Wildman–Crippen LogP) is 5.21. The molecule has 0 fully saturated rings. The zero-order chi connectivity index (χ0) is 14.0. The maximum Gasteiger partial charge on any atom is 0.131 e. The van der Waals surface area contributed by atoms with Crippen LogP contribution in [-0.2, 0) is 0 Å². The van der Waals surface area contributed by atoms with Crippen molar-refractivity contribution < 1.29 is 8.78 Å². The molecule has 0 spiro atoms. The molecule has 0 bridgehead atoms. The van der Waals surface area contributed by atoms with E-state index in [9.17, 15) is 8.78 Å². The van der Waals surface area contributed by atoms with Crippen molar-refractivity contribution in [1.82, 2.24) is 0 Å². The average Bonchev–Trinajstić information content (AvgIpc) is 2.33. The van der Waals surface area contributed by atoms with Gasteiger partial charge in [0, 0.05) is 15.7 Å². The molecule has 1 nitrogen and oxygen atoms in total. The Hall–Kier alpha value is -1.42. The second-order valence-electron chi connectivity index (χ2n) is 4.46. The first-order chi connectivity index (χ1) is 8.99. The standard InChI is InChI=1S/C15H14BrF2N/c1-9-6-7-11(16)8-14(9)19-10(2)15-12(17)4-3-5-13(15)18/h3-8,10,19H,1-2H3. The second-order valence-corrected chi connectivity index (χ2v) is 5.38. The Morgan fingerprint density at radius 1 is 1.11 bits per heavy atom. The highest BCUT2D eigenvalue weighted by Gasteiger charge is 2.16. The van der Waals surface area contributed by atoms with Gasteiger partial charge < -0.3 is 5.32 Å². The highest BCUT2D eigenvalue weighted by molar-refractivity contribution is 9.10. The number of halogens is 3. The van der Waals surface area contributed by atoms with Gasteiger partial charge in [-0.1, -0.05) is 28.1 Å². The van der Waals surface area contributed by atoms with Crippen LogP contribution in [-0.4, -0.2) is 0 Å². The number of hydrogen-bond acceptors (Lipinski definition) is 1. The summed E-state index contributed by atoms with van der Waals surface area (Å²) >= 11 is 3.38. The summed E-state index contributed by atoms with van der Waals surface area (Å²) in [6.45, 7) is 3.68. The summed E-state index contributed by atoms with van der Waals surface area (Å²) in [6.07, 6.45) is 0. The fourth-order valence-electron chi connectivity index (χ4n) is 1.98. The molecule has 0 aliphatic rings. The lowest BCUT2D eigenvalue weighted by atomic mass is 10.1. The molecule has 1 N–H and O–H groups in total. The van der Waals surface area contributed by atoms with Gasteiger partial charge in [0.25, 0.3) is 0 Å². The number of anilines is 1. The van der Waals surface area contributed by atoms with Crippen LogP contribution in [0, 0.1) is 18.6 Å². The van der Waals surface area contributed by atoms with E-state index in [0.717, 1.165) is 15.7 Å². The van der Waals surface area contributed by atoms with Crippen LogP contribution in [0.3, 0.4) is 0 Å². The second kappa shape index (κ2) is 5.70. The van der Waals surface area contributed by atoms with Crippen LogP contribution >= 0.6 is 15.9 Å². The number of rotatable bonds is 3. The van der Waals surface area contributed by atoms with E-state index < -0.39 is 17.7 Å². The highest BCUT2D eigenvalue weighted by atomic mass is 79.9. The molecule has 2 rings (SSSR count). The van der Waals surface area contributed by atoms with Crippen molar-refractivity contribution in [2.45, 2.75) is 19.9 Å². The van der Waals surface area contributed by atoms with Gasteiger partial charge in [-0.2, -0.15) is 0 Å². The van der Waals surface area contributed by atoms with Gasteiger partial charge in [0.1, 0.15) is 11.6 Å². The maximum absolute atomic E-state index is 13.7. The van der Waals surface area contributed by atoms with Crippen LogP contribution in [0.2, 0.25) is 0 Å². The van der Waals surface area contributed by atoms with Crippen LogP contribution in [0.25, 0.3) is 0 Å². The van der Waals surface area contributed by atoms with E-state index in [0.29, 0.717) is 0 Å². The summed E-state index contributed by atoms with van der Waals surface area (Å²) in [4.78, 5) is 0. The fourth-order valence-corrected chi connectivity index (χ4v) is 2.34. The molecule has 0 aliphatic carbocycles.